The molecule has 0 bridgehead atoms. The molecule has 156 valence electrons. The number of rotatable bonds is 4. The van der Waals surface area contributed by atoms with Gasteiger partial charge in [0.1, 0.15) is 5.75 Å². The smallest absolute Gasteiger partial charge is 0.245 e. The first kappa shape index (κ1) is 19.0. The molecule has 1 fully saturated rings. The number of aryl methyl sites for hydroxylation is 1. The Hall–Kier alpha value is -3.94. The van der Waals surface area contributed by atoms with Gasteiger partial charge in [0.15, 0.2) is 5.65 Å². The average molecular weight is 414 g/mol. The second-order valence-corrected chi connectivity index (χ2v) is 7.80. The number of phenols is 1. The van der Waals surface area contributed by atoms with Gasteiger partial charge in [0.25, 0.3) is 0 Å². The highest BCUT2D eigenvalue weighted by Gasteiger charge is 2.31. The van der Waals surface area contributed by atoms with Gasteiger partial charge in [-0.1, -0.05) is 18.7 Å². The summed E-state index contributed by atoms with van der Waals surface area (Å²) in [4.78, 5) is 17.4. The molecule has 0 saturated carbocycles. The van der Waals surface area contributed by atoms with E-state index in [1.54, 1.807) is 16.8 Å². The summed E-state index contributed by atoms with van der Waals surface area (Å²) in [6.45, 7) is 4.90. The van der Waals surface area contributed by atoms with E-state index in [9.17, 15) is 9.90 Å². The van der Waals surface area contributed by atoms with Crippen molar-refractivity contribution >= 4 is 16.9 Å². The molecule has 1 unspecified atom stereocenters. The fourth-order valence-corrected chi connectivity index (χ4v) is 4.32. The zero-order valence-electron chi connectivity index (χ0n) is 17.1. The molecule has 4 heterocycles. The summed E-state index contributed by atoms with van der Waals surface area (Å²) in [5.74, 6) is 0.245. The number of hydrogen-bond acceptors (Lipinski definition) is 5. The van der Waals surface area contributed by atoms with Crippen LogP contribution in [0.2, 0.25) is 0 Å². The zero-order chi connectivity index (χ0) is 21.5. The Morgan fingerprint density at radius 3 is 2.90 bits per heavy atom. The molecular formula is C23H22N6O2. The van der Waals surface area contributed by atoms with Crippen LogP contribution in [-0.4, -0.2) is 54.0 Å². The van der Waals surface area contributed by atoms with Crippen LogP contribution in [0.3, 0.4) is 0 Å². The molecule has 4 aromatic rings. The molecule has 1 amide bonds. The monoisotopic (exact) mass is 414 g/mol. The Kier molecular flexibility index (Phi) is 4.54. The number of benzene rings is 1. The van der Waals surface area contributed by atoms with E-state index in [1.165, 1.54) is 6.08 Å². The number of nitrogens with one attached hydrogen (secondary N) is 1. The molecule has 0 radical (unpaired) electrons. The lowest BCUT2D eigenvalue weighted by atomic mass is 9.96. The van der Waals surface area contributed by atoms with Crippen molar-refractivity contribution in [2.75, 3.05) is 13.1 Å². The van der Waals surface area contributed by atoms with Crippen LogP contribution in [0, 0.1) is 0 Å². The number of aromatic amines is 1. The van der Waals surface area contributed by atoms with Crippen LogP contribution in [0.1, 0.15) is 18.0 Å². The Morgan fingerprint density at radius 1 is 1.32 bits per heavy atom. The highest BCUT2D eigenvalue weighted by Crippen LogP contribution is 2.40. The third-order valence-corrected chi connectivity index (χ3v) is 5.84. The van der Waals surface area contributed by atoms with Crippen LogP contribution < -0.4 is 0 Å². The summed E-state index contributed by atoms with van der Waals surface area (Å²) in [5.41, 5.74) is 4.88. The molecule has 1 saturated heterocycles. The maximum Gasteiger partial charge on any atom is 0.245 e. The SMILES string of the molecule is C=CC(=O)N1CCC(c2[nH]c3nnc(-c4ccccc4O)cc3c2-c2cnn(C)c2)C1. The molecule has 8 nitrogen and oxygen atoms in total. The molecule has 0 spiro atoms. The van der Waals surface area contributed by atoms with Crippen molar-refractivity contribution in [2.24, 2.45) is 7.05 Å². The van der Waals surface area contributed by atoms with E-state index >= 15 is 0 Å². The van der Waals surface area contributed by atoms with Crippen molar-refractivity contribution in [2.45, 2.75) is 12.3 Å². The van der Waals surface area contributed by atoms with Gasteiger partial charge >= 0.3 is 0 Å². The average Bonchev–Trinajstić information content (AvgIpc) is 3.50. The van der Waals surface area contributed by atoms with Crippen LogP contribution in [0.5, 0.6) is 5.75 Å². The second-order valence-electron chi connectivity index (χ2n) is 7.80. The summed E-state index contributed by atoms with van der Waals surface area (Å²) >= 11 is 0. The van der Waals surface area contributed by atoms with Gasteiger partial charge in [-0.3, -0.25) is 9.48 Å². The molecule has 8 heteroatoms. The quantitative estimate of drug-likeness (QED) is 0.500. The summed E-state index contributed by atoms with van der Waals surface area (Å²) in [6, 6.07) is 9.03. The van der Waals surface area contributed by atoms with E-state index in [0.717, 1.165) is 28.6 Å². The Labute approximate surface area is 178 Å². The van der Waals surface area contributed by atoms with E-state index in [0.29, 0.717) is 30.0 Å². The van der Waals surface area contributed by atoms with E-state index in [4.69, 9.17) is 0 Å². The van der Waals surface area contributed by atoms with E-state index in [2.05, 4.69) is 26.9 Å². The number of aromatic nitrogens is 5. The van der Waals surface area contributed by atoms with E-state index < -0.39 is 0 Å². The summed E-state index contributed by atoms with van der Waals surface area (Å²) in [6.07, 6.45) is 6.00. The summed E-state index contributed by atoms with van der Waals surface area (Å²) < 4.78 is 1.76. The number of para-hydroxylation sites is 1. The minimum Gasteiger partial charge on any atom is -0.507 e. The number of amides is 1. The predicted molar refractivity (Wildman–Crippen MR) is 117 cm³/mol. The van der Waals surface area contributed by atoms with Crippen LogP contribution in [0.4, 0.5) is 0 Å². The lowest BCUT2D eigenvalue weighted by Crippen LogP contribution is -2.26. The molecular weight excluding hydrogens is 392 g/mol. The topological polar surface area (TPSA) is 99.9 Å². The summed E-state index contributed by atoms with van der Waals surface area (Å²) in [5, 5.41) is 24.3. The third kappa shape index (κ3) is 3.26. The van der Waals surface area contributed by atoms with Crippen LogP contribution in [-0.2, 0) is 11.8 Å². The number of nitrogens with zero attached hydrogens (tertiary/aromatic N) is 5. The summed E-state index contributed by atoms with van der Waals surface area (Å²) in [7, 11) is 1.88. The molecule has 0 aliphatic carbocycles. The number of carbonyl (C=O) groups is 1. The number of likely N-dealkylation sites (tertiary alicyclic amines) is 1. The predicted octanol–water partition coefficient (Wildman–Crippen LogP) is 3.23. The Bertz CT molecular complexity index is 1300. The second kappa shape index (κ2) is 7.39. The maximum atomic E-state index is 12.1. The number of fused-ring (bicyclic) bond motifs is 1. The maximum absolute atomic E-state index is 12.1. The van der Waals surface area contributed by atoms with E-state index in [-0.39, 0.29) is 17.6 Å². The van der Waals surface area contributed by atoms with Gasteiger partial charge in [0, 0.05) is 60.0 Å². The van der Waals surface area contributed by atoms with Gasteiger partial charge in [-0.25, -0.2) is 0 Å². The Morgan fingerprint density at radius 2 is 2.16 bits per heavy atom. The van der Waals surface area contributed by atoms with Gasteiger partial charge < -0.3 is 15.0 Å². The molecule has 1 aromatic carbocycles. The van der Waals surface area contributed by atoms with Gasteiger partial charge in [-0.15, -0.1) is 10.2 Å². The van der Waals surface area contributed by atoms with Crippen molar-refractivity contribution in [3.8, 4) is 28.1 Å². The van der Waals surface area contributed by atoms with Gasteiger partial charge in [0.2, 0.25) is 5.91 Å². The number of H-pyrrole nitrogens is 1. The molecule has 31 heavy (non-hydrogen) atoms. The van der Waals surface area contributed by atoms with Crippen molar-refractivity contribution in [1.82, 2.24) is 29.9 Å². The van der Waals surface area contributed by atoms with Crippen molar-refractivity contribution in [3.05, 3.63) is 61.1 Å². The van der Waals surface area contributed by atoms with Crippen LogP contribution >= 0.6 is 0 Å². The van der Waals surface area contributed by atoms with Gasteiger partial charge in [-0.2, -0.15) is 5.10 Å². The zero-order valence-corrected chi connectivity index (χ0v) is 17.1. The lowest BCUT2D eigenvalue weighted by Gasteiger charge is -2.14. The number of phenolic OH excluding ortho intramolecular Hbond substituents is 1. The third-order valence-electron chi connectivity index (χ3n) is 5.84. The lowest BCUT2D eigenvalue weighted by molar-refractivity contribution is -0.125. The van der Waals surface area contributed by atoms with Crippen LogP contribution in [0.25, 0.3) is 33.4 Å². The largest absolute Gasteiger partial charge is 0.507 e. The minimum atomic E-state index is -0.0526. The minimum absolute atomic E-state index is 0.0526. The number of hydrogen-bond donors (Lipinski definition) is 2. The highest BCUT2D eigenvalue weighted by atomic mass is 16.3. The molecule has 5 rings (SSSR count). The van der Waals surface area contributed by atoms with Gasteiger partial charge in [-0.05, 0) is 30.7 Å². The van der Waals surface area contributed by atoms with Crippen molar-refractivity contribution in [3.63, 3.8) is 0 Å². The Balaban J connectivity index is 1.66. The fraction of sp³-hybridized carbons (Fsp3) is 0.217. The molecule has 1 aliphatic rings. The molecule has 1 aliphatic heterocycles. The van der Waals surface area contributed by atoms with Gasteiger partial charge in [0.05, 0.1) is 11.9 Å². The van der Waals surface area contributed by atoms with Crippen molar-refractivity contribution < 1.29 is 9.90 Å². The van der Waals surface area contributed by atoms with E-state index in [1.807, 2.05) is 42.5 Å². The first-order chi connectivity index (χ1) is 15.0. The highest BCUT2D eigenvalue weighted by molar-refractivity contribution is 5.97. The normalized spacial score (nSPS) is 16.2. The first-order valence-corrected chi connectivity index (χ1v) is 10.1. The standard InChI is InChI=1S/C23H22N6O2/c1-3-20(31)29-9-8-14(13-29)22-21(15-11-24-28(2)12-15)17-10-18(26-27-23(17)25-22)16-6-4-5-7-19(16)30/h3-7,10-12,14,30H,1,8-9,13H2,2H3,(H,25,27). The number of aromatic hydroxyl groups is 1. The molecule has 2 N–H and O–H groups in total. The number of carbonyl (C=O) groups excluding carboxylic acids is 1. The molecule has 3 aromatic heterocycles. The fourth-order valence-electron chi connectivity index (χ4n) is 4.32. The molecule has 1 atom stereocenters. The van der Waals surface area contributed by atoms with Crippen LogP contribution in [0.15, 0.2) is 55.4 Å². The first-order valence-electron chi connectivity index (χ1n) is 10.1. The van der Waals surface area contributed by atoms with Crippen molar-refractivity contribution in [1.29, 1.82) is 0 Å².